The van der Waals surface area contributed by atoms with E-state index in [1.807, 2.05) is 0 Å². The molecule has 0 fully saturated rings. The fraction of sp³-hybridized carbons (Fsp3) is 0.556. The minimum absolute atomic E-state index is 0. The van der Waals surface area contributed by atoms with Crippen LogP contribution < -0.4 is 15.3 Å². The molecule has 0 spiro atoms. The molecule has 0 saturated carbocycles. The molecule has 2 rings (SSSR count). The van der Waals surface area contributed by atoms with Crippen molar-refractivity contribution in [3.63, 3.8) is 0 Å². The van der Waals surface area contributed by atoms with Crippen LogP contribution in [-0.2, 0) is 24.4 Å². The Balaban J connectivity index is 0. The van der Waals surface area contributed by atoms with Crippen molar-refractivity contribution >= 4 is 0 Å². The average Bonchev–Trinajstić information content (AvgIpc) is 3.16. The maximum absolute atomic E-state index is 8.93. The molecule has 0 aromatic carbocycles. The molecule has 0 aliphatic heterocycles. The van der Waals surface area contributed by atoms with E-state index in [1.54, 1.807) is 31.9 Å². The molecule has 0 saturated heterocycles. The molecule has 0 unspecified atom stereocenters. The Kier molecular flexibility index (Phi) is 20.4. The van der Waals surface area contributed by atoms with Crippen LogP contribution in [0.4, 0.5) is 0 Å². The first kappa shape index (κ1) is 24.0. The molecule has 2 aliphatic carbocycles. The van der Waals surface area contributed by atoms with Crippen LogP contribution in [0.5, 0.6) is 0 Å². The molecular formula is C18H28HfO3. The third-order valence-corrected chi connectivity index (χ3v) is 4.17. The van der Waals surface area contributed by atoms with Gasteiger partial charge in [0.2, 0.25) is 0 Å². The van der Waals surface area contributed by atoms with Gasteiger partial charge in [0.15, 0.2) is 0 Å². The summed E-state index contributed by atoms with van der Waals surface area (Å²) in [6.45, 7) is 4.71. The zero-order chi connectivity index (χ0) is 17.2. The first-order valence-electron chi connectivity index (χ1n) is 7.76. The number of allylic oxidation sites excluding steroid dienone is 8. The molecule has 122 valence electrons. The van der Waals surface area contributed by atoms with Gasteiger partial charge in [-0.3, -0.25) is 0 Å². The van der Waals surface area contributed by atoms with Crippen molar-refractivity contribution in [2.75, 3.05) is 19.8 Å². The average molecular weight is 471 g/mol. The fourth-order valence-electron chi connectivity index (χ4n) is 1.94. The summed E-state index contributed by atoms with van der Waals surface area (Å²) >= 11 is 1.30. The third-order valence-electron chi connectivity index (χ3n) is 2.70. The molecule has 2 aliphatic rings. The third kappa shape index (κ3) is 12.3. The molecule has 4 heteroatoms. The van der Waals surface area contributed by atoms with Gasteiger partial charge in [-0.15, -0.1) is 19.8 Å². The van der Waals surface area contributed by atoms with Crippen LogP contribution in [-0.4, -0.2) is 19.8 Å². The van der Waals surface area contributed by atoms with Crippen LogP contribution in [0.15, 0.2) is 47.6 Å². The van der Waals surface area contributed by atoms with Gasteiger partial charge >= 0.3 is 94.9 Å². The normalized spacial score (nSPS) is 14.2. The molecule has 3 nitrogen and oxygen atoms in total. The second-order valence-corrected chi connectivity index (χ2v) is 5.84. The number of hydrogen-bond donors (Lipinski definition) is 0. The predicted molar refractivity (Wildman–Crippen MR) is 83.6 cm³/mol. The Hall–Kier alpha value is -0.290. The predicted octanol–water partition coefficient (Wildman–Crippen LogP) is 1.44. The first-order valence-corrected chi connectivity index (χ1v) is 10.3. The molecule has 22 heavy (non-hydrogen) atoms. The second kappa shape index (κ2) is 18.8. The summed E-state index contributed by atoms with van der Waals surface area (Å²) < 4.78 is 1.38. The summed E-state index contributed by atoms with van der Waals surface area (Å²) in [5, 5.41) is 26.8. The van der Waals surface area contributed by atoms with Crippen LogP contribution in [0.3, 0.4) is 0 Å². The van der Waals surface area contributed by atoms with Crippen LogP contribution in [0.1, 0.15) is 33.6 Å². The summed E-state index contributed by atoms with van der Waals surface area (Å²) in [5.74, 6) is 0.761. The van der Waals surface area contributed by atoms with Gasteiger partial charge in [-0.1, -0.05) is 20.8 Å². The van der Waals surface area contributed by atoms with Gasteiger partial charge < -0.3 is 15.3 Å². The summed E-state index contributed by atoms with van der Waals surface area (Å²) in [6, 6.07) is 0. The van der Waals surface area contributed by atoms with Crippen molar-refractivity contribution in [3.05, 3.63) is 47.6 Å². The van der Waals surface area contributed by atoms with Gasteiger partial charge in [0, 0.05) is 0 Å². The standard InChI is InChI=1S/C12H13.3C2H5O.Hf/c1-10(11-6-2-3-7-11)12-8-4-5-9-12;3*1-2-3;/h2-6,8,10H,1,7,9H2;3*2H2,1H3;/q;3*-1;+3. The number of hydrogen-bond acceptors (Lipinski definition) is 3. The van der Waals surface area contributed by atoms with E-state index < -0.39 is 0 Å². The Morgan fingerprint density at radius 2 is 1.18 bits per heavy atom. The molecule has 0 heterocycles. The van der Waals surface area contributed by atoms with Gasteiger partial charge in [0.1, 0.15) is 0 Å². The quantitative estimate of drug-likeness (QED) is 0.586. The molecular weight excluding hydrogens is 443 g/mol. The summed E-state index contributed by atoms with van der Waals surface area (Å²) in [7, 11) is 0. The van der Waals surface area contributed by atoms with E-state index in [0.29, 0.717) is 0 Å². The molecule has 0 atom stereocenters. The second-order valence-electron chi connectivity index (χ2n) is 4.37. The molecule has 0 radical (unpaired) electrons. The molecule has 0 aromatic rings. The summed E-state index contributed by atoms with van der Waals surface area (Å²) in [4.78, 5) is 0. The van der Waals surface area contributed by atoms with E-state index in [4.69, 9.17) is 15.3 Å². The van der Waals surface area contributed by atoms with Crippen molar-refractivity contribution in [3.8, 4) is 0 Å². The van der Waals surface area contributed by atoms with Crippen LogP contribution in [0.2, 0.25) is 4.18 Å². The van der Waals surface area contributed by atoms with Gasteiger partial charge in [-0.05, 0) is 0 Å². The van der Waals surface area contributed by atoms with Gasteiger partial charge in [-0.25, -0.2) is 0 Å². The monoisotopic (exact) mass is 472 g/mol. The molecule has 0 N–H and O–H groups in total. The van der Waals surface area contributed by atoms with E-state index in [-0.39, 0.29) is 19.8 Å². The molecule has 0 aromatic heterocycles. The zero-order valence-electron chi connectivity index (χ0n) is 14.0. The Morgan fingerprint density at radius 1 is 0.864 bits per heavy atom. The van der Waals surface area contributed by atoms with Crippen molar-refractivity contribution in [1.29, 1.82) is 0 Å². The van der Waals surface area contributed by atoms with E-state index in [0.717, 1.165) is 5.92 Å². The Bertz CT molecular complexity index is 323. The summed E-state index contributed by atoms with van der Waals surface area (Å²) in [6.07, 6.45) is 15.9. The first-order chi connectivity index (χ1) is 10.7. The molecule has 0 bridgehead atoms. The van der Waals surface area contributed by atoms with Gasteiger partial charge in [0.25, 0.3) is 0 Å². The van der Waals surface area contributed by atoms with Crippen molar-refractivity contribution in [2.24, 2.45) is 5.92 Å². The number of rotatable bonds is 3. The van der Waals surface area contributed by atoms with Crippen LogP contribution >= 0.6 is 0 Å². The van der Waals surface area contributed by atoms with E-state index in [2.05, 4.69) is 36.5 Å². The van der Waals surface area contributed by atoms with Crippen molar-refractivity contribution in [2.45, 2.75) is 37.8 Å². The Labute approximate surface area is 150 Å². The van der Waals surface area contributed by atoms with Crippen molar-refractivity contribution in [1.82, 2.24) is 0 Å². The minimum atomic E-state index is 0. The van der Waals surface area contributed by atoms with Crippen LogP contribution in [0, 0.1) is 5.92 Å². The van der Waals surface area contributed by atoms with Gasteiger partial charge in [-0.2, -0.15) is 0 Å². The Morgan fingerprint density at radius 3 is 1.36 bits per heavy atom. The summed E-state index contributed by atoms with van der Waals surface area (Å²) in [5.41, 5.74) is 3.26. The SMILES string of the molecule is CC[O-].CC[O-].CC[O-].[Hf+3][CH2]C(C1=CC=CC1)C1=CC=CC1. The fourth-order valence-corrected chi connectivity index (χ4v) is 3.83. The van der Waals surface area contributed by atoms with Gasteiger partial charge in [0.05, 0.1) is 0 Å². The van der Waals surface area contributed by atoms with E-state index >= 15 is 0 Å². The van der Waals surface area contributed by atoms with Crippen molar-refractivity contribution < 1.29 is 39.7 Å². The van der Waals surface area contributed by atoms with E-state index in [9.17, 15) is 0 Å². The maximum atomic E-state index is 8.93. The van der Waals surface area contributed by atoms with E-state index in [1.165, 1.54) is 41.4 Å². The zero-order valence-corrected chi connectivity index (χ0v) is 17.6. The van der Waals surface area contributed by atoms with Crippen LogP contribution in [0.25, 0.3) is 0 Å². The molecule has 0 amide bonds. The topological polar surface area (TPSA) is 69.2 Å².